The van der Waals surface area contributed by atoms with E-state index in [9.17, 15) is 4.79 Å². The zero-order valence-electron chi connectivity index (χ0n) is 7.35. The first-order chi connectivity index (χ1) is 6.81. The maximum Gasteiger partial charge on any atom is 0.224 e. The Kier molecular flexibility index (Phi) is 2.28. The second-order valence-electron chi connectivity index (χ2n) is 2.51. The molecule has 0 saturated heterocycles. The SMILES string of the molecule is COc1ccc(C(=O)c2cn[nH]n2)s1. The molecule has 0 aliphatic heterocycles. The van der Waals surface area contributed by atoms with Gasteiger partial charge in [-0.1, -0.05) is 11.3 Å². The third-order valence-electron chi connectivity index (χ3n) is 1.65. The maximum absolute atomic E-state index is 11.7. The number of hydrogen-bond acceptors (Lipinski definition) is 5. The molecule has 0 aliphatic rings. The average Bonchev–Trinajstić information content (AvgIpc) is 2.88. The third kappa shape index (κ3) is 1.51. The number of carbonyl (C=O) groups is 1. The van der Waals surface area contributed by atoms with Crippen molar-refractivity contribution in [2.24, 2.45) is 0 Å². The van der Waals surface area contributed by atoms with Crippen LogP contribution in [-0.4, -0.2) is 28.3 Å². The van der Waals surface area contributed by atoms with E-state index in [1.807, 2.05) is 0 Å². The molecule has 1 N–H and O–H groups in total. The first-order valence-corrected chi connectivity index (χ1v) is 4.67. The standard InChI is InChI=1S/C8H7N3O2S/c1-13-7-3-2-6(14-7)8(12)5-4-9-11-10-5/h2-4H,1H3,(H,9,10,11). The van der Waals surface area contributed by atoms with E-state index in [-0.39, 0.29) is 5.78 Å². The molecule has 0 fully saturated rings. The van der Waals surface area contributed by atoms with Crippen LogP contribution < -0.4 is 4.74 Å². The maximum atomic E-state index is 11.7. The number of carbonyl (C=O) groups excluding carboxylic acids is 1. The molecular formula is C8H7N3O2S. The fourth-order valence-electron chi connectivity index (χ4n) is 0.989. The van der Waals surface area contributed by atoms with Gasteiger partial charge < -0.3 is 4.74 Å². The predicted octanol–water partition coefficient (Wildman–Crippen LogP) is 1.11. The molecule has 0 spiro atoms. The van der Waals surface area contributed by atoms with Gasteiger partial charge in [0.1, 0.15) is 0 Å². The Bertz CT molecular complexity index is 435. The first-order valence-electron chi connectivity index (χ1n) is 3.85. The number of nitrogens with one attached hydrogen (secondary N) is 1. The number of aromatic amines is 1. The molecule has 2 aromatic rings. The van der Waals surface area contributed by atoms with E-state index in [1.54, 1.807) is 19.2 Å². The molecule has 0 atom stereocenters. The summed E-state index contributed by atoms with van der Waals surface area (Å²) in [7, 11) is 1.57. The zero-order valence-corrected chi connectivity index (χ0v) is 8.17. The van der Waals surface area contributed by atoms with Crippen LogP contribution >= 0.6 is 11.3 Å². The quantitative estimate of drug-likeness (QED) is 0.769. The van der Waals surface area contributed by atoms with E-state index in [4.69, 9.17) is 4.74 Å². The van der Waals surface area contributed by atoms with Crippen LogP contribution in [0.25, 0.3) is 0 Å². The monoisotopic (exact) mass is 209 g/mol. The van der Waals surface area contributed by atoms with Crippen molar-refractivity contribution in [1.29, 1.82) is 0 Å². The summed E-state index contributed by atoms with van der Waals surface area (Å²) in [5, 5.41) is 10.4. The number of methoxy groups -OCH3 is 1. The van der Waals surface area contributed by atoms with Gasteiger partial charge in [0.25, 0.3) is 0 Å². The van der Waals surface area contributed by atoms with Gasteiger partial charge in [0.2, 0.25) is 5.78 Å². The molecule has 6 heteroatoms. The Labute approximate surface area is 83.7 Å². The lowest BCUT2D eigenvalue weighted by Crippen LogP contribution is -1.98. The molecule has 0 unspecified atom stereocenters. The van der Waals surface area contributed by atoms with E-state index < -0.39 is 0 Å². The van der Waals surface area contributed by atoms with Crippen LogP contribution in [0.4, 0.5) is 0 Å². The van der Waals surface area contributed by atoms with Crippen molar-refractivity contribution in [3.05, 3.63) is 28.9 Å². The molecule has 72 valence electrons. The van der Waals surface area contributed by atoms with Gasteiger partial charge in [-0.3, -0.25) is 4.79 Å². The van der Waals surface area contributed by atoms with E-state index in [0.29, 0.717) is 15.6 Å². The van der Waals surface area contributed by atoms with E-state index in [1.165, 1.54) is 17.5 Å². The first kappa shape index (κ1) is 8.89. The summed E-state index contributed by atoms with van der Waals surface area (Å²) in [5.74, 6) is -0.146. The van der Waals surface area contributed by atoms with Crippen LogP contribution in [0.3, 0.4) is 0 Å². The highest BCUT2D eigenvalue weighted by Crippen LogP contribution is 2.25. The number of ether oxygens (including phenoxy) is 1. The number of H-pyrrole nitrogens is 1. The fourth-order valence-corrected chi connectivity index (χ4v) is 1.76. The number of hydrogen-bond donors (Lipinski definition) is 1. The number of aromatic nitrogens is 3. The minimum absolute atomic E-state index is 0.146. The number of nitrogens with zero attached hydrogens (tertiary/aromatic N) is 2. The molecule has 0 saturated carbocycles. The lowest BCUT2D eigenvalue weighted by molar-refractivity contribution is 0.103. The van der Waals surface area contributed by atoms with Gasteiger partial charge in [0, 0.05) is 0 Å². The Morgan fingerprint density at radius 2 is 2.43 bits per heavy atom. The van der Waals surface area contributed by atoms with E-state index >= 15 is 0 Å². The van der Waals surface area contributed by atoms with Gasteiger partial charge in [-0.05, 0) is 12.1 Å². The van der Waals surface area contributed by atoms with Crippen molar-refractivity contribution in [2.45, 2.75) is 0 Å². The highest BCUT2D eigenvalue weighted by Gasteiger charge is 2.14. The number of rotatable bonds is 3. The third-order valence-corrected chi connectivity index (χ3v) is 2.70. The molecule has 14 heavy (non-hydrogen) atoms. The number of ketones is 1. The summed E-state index contributed by atoms with van der Waals surface area (Å²) in [4.78, 5) is 12.3. The molecule has 0 aromatic carbocycles. The van der Waals surface area contributed by atoms with Gasteiger partial charge in [0.05, 0.1) is 18.2 Å². The van der Waals surface area contributed by atoms with Crippen molar-refractivity contribution in [2.75, 3.05) is 7.11 Å². The minimum atomic E-state index is -0.146. The Morgan fingerprint density at radius 1 is 1.57 bits per heavy atom. The second-order valence-corrected chi connectivity index (χ2v) is 3.55. The van der Waals surface area contributed by atoms with Crippen molar-refractivity contribution in [1.82, 2.24) is 15.4 Å². The van der Waals surface area contributed by atoms with Gasteiger partial charge in [0.15, 0.2) is 10.8 Å². The topological polar surface area (TPSA) is 67.9 Å². The predicted molar refractivity (Wildman–Crippen MR) is 50.7 cm³/mol. The lowest BCUT2D eigenvalue weighted by atomic mass is 10.2. The van der Waals surface area contributed by atoms with Crippen LogP contribution in [0.15, 0.2) is 18.3 Å². The van der Waals surface area contributed by atoms with Crippen molar-refractivity contribution in [3.63, 3.8) is 0 Å². The Hall–Kier alpha value is -1.69. The second kappa shape index (κ2) is 3.59. The molecule has 2 rings (SSSR count). The fraction of sp³-hybridized carbons (Fsp3) is 0.125. The van der Waals surface area contributed by atoms with Gasteiger partial charge in [-0.15, -0.1) is 0 Å². The van der Waals surface area contributed by atoms with Crippen LogP contribution in [0.1, 0.15) is 15.4 Å². The Balaban J connectivity index is 2.28. The van der Waals surface area contributed by atoms with Crippen LogP contribution in [0.2, 0.25) is 0 Å². The van der Waals surface area contributed by atoms with Crippen LogP contribution in [0.5, 0.6) is 5.06 Å². The molecule has 0 radical (unpaired) electrons. The summed E-state index contributed by atoms with van der Waals surface area (Å²) < 4.78 is 4.98. The van der Waals surface area contributed by atoms with Crippen molar-refractivity contribution in [3.8, 4) is 5.06 Å². The molecule has 0 amide bonds. The summed E-state index contributed by atoms with van der Waals surface area (Å²) >= 11 is 1.29. The summed E-state index contributed by atoms with van der Waals surface area (Å²) in [6.45, 7) is 0. The smallest absolute Gasteiger partial charge is 0.224 e. The number of thiophene rings is 1. The van der Waals surface area contributed by atoms with Crippen LogP contribution in [0, 0.1) is 0 Å². The highest BCUT2D eigenvalue weighted by molar-refractivity contribution is 7.16. The highest BCUT2D eigenvalue weighted by atomic mass is 32.1. The molecule has 2 aromatic heterocycles. The average molecular weight is 209 g/mol. The normalized spacial score (nSPS) is 10.1. The van der Waals surface area contributed by atoms with Crippen molar-refractivity contribution >= 4 is 17.1 Å². The van der Waals surface area contributed by atoms with E-state index in [0.717, 1.165) is 0 Å². The van der Waals surface area contributed by atoms with Crippen molar-refractivity contribution < 1.29 is 9.53 Å². The molecule has 2 heterocycles. The lowest BCUT2D eigenvalue weighted by Gasteiger charge is -1.90. The minimum Gasteiger partial charge on any atom is -0.487 e. The Morgan fingerprint density at radius 3 is 3.00 bits per heavy atom. The summed E-state index contributed by atoms with van der Waals surface area (Å²) in [6, 6.07) is 3.46. The molecular weight excluding hydrogens is 202 g/mol. The summed E-state index contributed by atoms with van der Waals surface area (Å²) in [6.07, 6.45) is 1.40. The van der Waals surface area contributed by atoms with Crippen LogP contribution in [-0.2, 0) is 0 Å². The molecule has 5 nitrogen and oxygen atoms in total. The van der Waals surface area contributed by atoms with Gasteiger partial charge in [-0.2, -0.15) is 15.4 Å². The zero-order chi connectivity index (χ0) is 9.97. The summed E-state index contributed by atoms with van der Waals surface area (Å²) in [5.41, 5.74) is 0.314. The van der Waals surface area contributed by atoms with Gasteiger partial charge >= 0.3 is 0 Å². The van der Waals surface area contributed by atoms with E-state index in [2.05, 4.69) is 15.4 Å². The largest absolute Gasteiger partial charge is 0.487 e. The van der Waals surface area contributed by atoms with Gasteiger partial charge in [-0.25, -0.2) is 0 Å². The molecule has 0 bridgehead atoms. The molecule has 0 aliphatic carbocycles.